The first-order valence-corrected chi connectivity index (χ1v) is 14.9. The molecule has 13 heteroatoms. The first-order valence-electron chi connectivity index (χ1n) is 13.7. The van der Waals surface area contributed by atoms with Crippen molar-refractivity contribution in [2.24, 2.45) is 0 Å². The van der Waals surface area contributed by atoms with E-state index in [1.54, 1.807) is 18.3 Å². The average Bonchev–Trinajstić information content (AvgIpc) is 2.95. The number of halogens is 6. The number of hydrogen-bond donors (Lipinski definition) is 0. The second kappa shape index (κ2) is 14.0. The van der Waals surface area contributed by atoms with Gasteiger partial charge in [-0.15, -0.1) is 11.8 Å². The van der Waals surface area contributed by atoms with Crippen LogP contribution in [0.3, 0.4) is 0 Å². The van der Waals surface area contributed by atoms with Crippen LogP contribution in [-0.2, 0) is 28.2 Å². The molecular weight excluding hydrogens is 584 g/mol. The van der Waals surface area contributed by atoms with Gasteiger partial charge in [0.1, 0.15) is 0 Å². The van der Waals surface area contributed by atoms with Crippen molar-refractivity contribution in [3.8, 4) is 0 Å². The maximum Gasteiger partial charge on any atom is 0.416 e. The molecule has 2 fully saturated rings. The predicted molar refractivity (Wildman–Crippen MR) is 148 cm³/mol. The van der Waals surface area contributed by atoms with E-state index in [1.807, 2.05) is 0 Å². The Morgan fingerprint density at radius 2 is 1.60 bits per heavy atom. The average molecular weight is 620 g/mol. The number of hydrogen-bond acceptors (Lipinski definition) is 6. The molecule has 2 atom stereocenters. The molecule has 0 N–H and O–H groups in total. The maximum atomic E-state index is 13.7. The summed E-state index contributed by atoms with van der Waals surface area (Å²) in [5, 5.41) is 0. The first-order chi connectivity index (χ1) is 19.9. The fraction of sp³-hybridized carbons (Fsp3) is 0.552. The van der Waals surface area contributed by atoms with Gasteiger partial charge in [0.25, 0.3) is 5.91 Å². The minimum atomic E-state index is -4.61. The first kappa shape index (κ1) is 32.6. The van der Waals surface area contributed by atoms with E-state index in [4.69, 9.17) is 9.47 Å². The Hall–Kier alpha value is -2.32. The third-order valence-corrected chi connectivity index (χ3v) is 8.31. The van der Waals surface area contributed by atoms with Gasteiger partial charge in [0.2, 0.25) is 0 Å². The lowest BCUT2D eigenvalue weighted by molar-refractivity contribution is -0.138. The molecule has 232 valence electrons. The van der Waals surface area contributed by atoms with Gasteiger partial charge in [-0.3, -0.25) is 14.6 Å². The number of carbonyl (C=O) groups excluding carboxylic acids is 1. The van der Waals surface area contributed by atoms with Crippen molar-refractivity contribution in [2.45, 2.75) is 35.8 Å². The van der Waals surface area contributed by atoms with Crippen LogP contribution in [0.25, 0.3) is 0 Å². The van der Waals surface area contributed by atoms with Crippen LogP contribution < -0.4 is 0 Å². The predicted octanol–water partition coefficient (Wildman–Crippen LogP) is 5.16. The summed E-state index contributed by atoms with van der Waals surface area (Å²) < 4.78 is 91.0. The third kappa shape index (κ3) is 8.62. The fourth-order valence-electron chi connectivity index (χ4n) is 5.39. The van der Waals surface area contributed by atoms with Crippen LogP contribution >= 0.6 is 11.8 Å². The molecule has 0 bridgehead atoms. The lowest BCUT2D eigenvalue weighted by atomic mass is 9.99. The van der Waals surface area contributed by atoms with E-state index in [0.717, 1.165) is 55.7 Å². The lowest BCUT2D eigenvalue weighted by Gasteiger charge is -2.43. The zero-order valence-corrected chi connectivity index (χ0v) is 24.3. The number of thioether (sulfide) groups is 1. The van der Waals surface area contributed by atoms with E-state index < -0.39 is 35.4 Å². The van der Waals surface area contributed by atoms with Crippen molar-refractivity contribution in [2.75, 3.05) is 72.4 Å². The Morgan fingerprint density at radius 1 is 0.929 bits per heavy atom. The van der Waals surface area contributed by atoms with E-state index in [1.165, 1.54) is 18.2 Å². The van der Waals surface area contributed by atoms with Gasteiger partial charge < -0.3 is 14.4 Å². The van der Waals surface area contributed by atoms with Crippen molar-refractivity contribution >= 4 is 17.7 Å². The van der Waals surface area contributed by atoms with Crippen molar-refractivity contribution in [3.05, 3.63) is 64.7 Å². The molecule has 2 aromatic rings. The Morgan fingerprint density at radius 3 is 2.21 bits per heavy atom. The summed E-state index contributed by atoms with van der Waals surface area (Å²) in [5.74, 6) is -0.524. The highest BCUT2D eigenvalue weighted by molar-refractivity contribution is 7.98. The van der Waals surface area contributed by atoms with Gasteiger partial charge >= 0.3 is 12.4 Å². The number of methoxy groups -OCH3 is 1. The van der Waals surface area contributed by atoms with Crippen molar-refractivity contribution in [3.63, 3.8) is 0 Å². The molecule has 42 heavy (non-hydrogen) atoms. The smallest absolute Gasteiger partial charge is 0.382 e. The summed E-state index contributed by atoms with van der Waals surface area (Å²) in [7, 11) is 1.63. The number of benzene rings is 2. The molecule has 4 rings (SSSR count). The number of amides is 1. The van der Waals surface area contributed by atoms with Gasteiger partial charge in [0.15, 0.2) is 0 Å². The molecule has 0 aliphatic carbocycles. The van der Waals surface area contributed by atoms with Crippen LogP contribution in [0.2, 0.25) is 0 Å². The third-order valence-electron chi connectivity index (χ3n) is 7.60. The Labute approximate surface area is 245 Å². The van der Waals surface area contributed by atoms with Gasteiger partial charge in [0.05, 0.1) is 30.4 Å². The number of alkyl halides is 6. The minimum absolute atomic E-state index is 0.00993. The van der Waals surface area contributed by atoms with E-state index in [9.17, 15) is 31.1 Å². The van der Waals surface area contributed by atoms with Crippen LogP contribution in [0.15, 0.2) is 47.4 Å². The van der Waals surface area contributed by atoms with Crippen LogP contribution in [0.1, 0.15) is 27.0 Å². The summed E-state index contributed by atoms with van der Waals surface area (Å²) in [4.78, 5) is 20.1. The monoisotopic (exact) mass is 619 g/mol. The number of rotatable bonds is 9. The van der Waals surface area contributed by atoms with Crippen LogP contribution in [0.5, 0.6) is 0 Å². The fourth-order valence-corrected chi connectivity index (χ4v) is 5.88. The van der Waals surface area contributed by atoms with E-state index >= 15 is 0 Å². The number of nitrogens with zero attached hydrogens (tertiary/aromatic N) is 3. The minimum Gasteiger partial charge on any atom is -0.382 e. The summed E-state index contributed by atoms with van der Waals surface area (Å²) in [5.41, 5.74) is -1.11. The van der Waals surface area contributed by atoms with Gasteiger partial charge in [-0.1, -0.05) is 12.1 Å². The molecule has 2 aliphatic rings. The van der Waals surface area contributed by atoms with Gasteiger partial charge in [-0.25, -0.2) is 0 Å². The second-order valence-corrected chi connectivity index (χ2v) is 11.4. The van der Waals surface area contributed by atoms with Crippen molar-refractivity contribution in [1.29, 1.82) is 0 Å². The van der Waals surface area contributed by atoms with Gasteiger partial charge in [-0.05, 0) is 48.6 Å². The summed E-state index contributed by atoms with van der Waals surface area (Å²) >= 11 is 1.12. The van der Waals surface area contributed by atoms with Crippen LogP contribution in [0.4, 0.5) is 26.3 Å². The molecule has 1 amide bonds. The highest BCUT2D eigenvalue weighted by Gasteiger charge is 2.36. The van der Waals surface area contributed by atoms with Crippen molar-refractivity contribution in [1.82, 2.24) is 14.7 Å². The maximum absolute atomic E-state index is 13.7. The molecular formula is C29H35F6N3O3S. The number of ether oxygens (including phenoxy) is 2. The Kier molecular flexibility index (Phi) is 10.8. The largest absolute Gasteiger partial charge is 0.416 e. The molecule has 2 heterocycles. The highest BCUT2D eigenvalue weighted by atomic mass is 32.2. The standard InChI is InChI=1S/C29H35F6N3O3S/c1-40-19-25-18-37(11-12-41-25)8-7-36-9-10-38(24(17-36)13-20-3-5-22(6-4-20)28(30,31)32)27(39)21-14-23(29(33,34)35)16-26(15-21)42-2/h3-6,14-16,24-25H,7-13,17-19H2,1-2H3/t24-,25+/m1/s1. The highest BCUT2D eigenvalue weighted by Crippen LogP contribution is 2.34. The molecule has 0 spiro atoms. The Bertz CT molecular complexity index is 1190. The lowest BCUT2D eigenvalue weighted by Crippen LogP contribution is -2.57. The molecule has 0 unspecified atom stereocenters. The SMILES string of the molecule is COC[C@@H]1CN(CCN2CCN(C(=O)c3cc(SC)cc(C(F)(F)F)c3)[C@H](Cc3ccc(C(F)(F)F)cc3)C2)CCO1. The number of carbonyl (C=O) groups is 1. The van der Waals surface area contributed by atoms with Gasteiger partial charge in [0, 0.05) is 69.4 Å². The van der Waals surface area contributed by atoms with Crippen LogP contribution in [0, 0.1) is 0 Å². The Balaban J connectivity index is 1.52. The molecule has 2 aromatic carbocycles. The zero-order valence-electron chi connectivity index (χ0n) is 23.5. The van der Waals surface area contributed by atoms with E-state index in [-0.39, 0.29) is 24.6 Å². The molecule has 2 saturated heterocycles. The molecule has 2 aliphatic heterocycles. The molecule has 6 nitrogen and oxygen atoms in total. The van der Waals surface area contributed by atoms with Crippen LogP contribution in [-0.4, -0.2) is 105 Å². The molecule has 0 aromatic heterocycles. The number of morpholine rings is 1. The quantitative estimate of drug-likeness (QED) is 0.286. The molecule has 0 radical (unpaired) electrons. The zero-order chi connectivity index (χ0) is 30.5. The second-order valence-electron chi connectivity index (χ2n) is 10.5. The summed E-state index contributed by atoms with van der Waals surface area (Å²) in [6.45, 7) is 5.31. The summed E-state index contributed by atoms with van der Waals surface area (Å²) in [6.07, 6.45) is -7.18. The number of piperazine rings is 1. The topological polar surface area (TPSA) is 45.2 Å². The normalized spacial score (nSPS) is 21.1. The van der Waals surface area contributed by atoms with E-state index in [2.05, 4.69) is 9.80 Å². The van der Waals surface area contributed by atoms with E-state index in [0.29, 0.717) is 43.3 Å². The summed E-state index contributed by atoms with van der Waals surface area (Å²) in [6, 6.07) is 7.71. The molecule has 0 saturated carbocycles. The van der Waals surface area contributed by atoms with Crippen molar-refractivity contribution < 1.29 is 40.6 Å². The van der Waals surface area contributed by atoms with Gasteiger partial charge in [-0.2, -0.15) is 26.3 Å².